The van der Waals surface area contributed by atoms with Gasteiger partial charge in [0.05, 0.1) is 6.26 Å². The first-order valence-electron chi connectivity index (χ1n) is 11.7. The predicted molar refractivity (Wildman–Crippen MR) is 127 cm³/mol. The summed E-state index contributed by atoms with van der Waals surface area (Å²) >= 11 is 0. The van der Waals surface area contributed by atoms with E-state index in [-0.39, 0.29) is 11.8 Å². The Labute approximate surface area is 188 Å². The molecule has 0 spiro atoms. The minimum absolute atomic E-state index is 0.00774. The van der Waals surface area contributed by atoms with Crippen molar-refractivity contribution < 1.29 is 13.2 Å². The summed E-state index contributed by atoms with van der Waals surface area (Å²) in [4.78, 5) is 15.2. The maximum atomic E-state index is 12.6. The van der Waals surface area contributed by atoms with Gasteiger partial charge in [0.1, 0.15) is 0 Å². The molecule has 2 atom stereocenters. The van der Waals surface area contributed by atoms with Crippen LogP contribution in [0, 0.1) is 17.8 Å². The molecule has 2 aliphatic heterocycles. The summed E-state index contributed by atoms with van der Waals surface area (Å²) in [5.74, 6) is 1.39. The van der Waals surface area contributed by atoms with E-state index in [1.165, 1.54) is 42.1 Å². The number of sulfonamides is 1. The summed E-state index contributed by atoms with van der Waals surface area (Å²) in [6, 6.07) is 8.86. The smallest absolute Gasteiger partial charge is 0.227 e. The molecule has 2 fully saturated rings. The van der Waals surface area contributed by atoms with Gasteiger partial charge in [0.2, 0.25) is 15.9 Å². The van der Waals surface area contributed by atoms with Crippen LogP contribution in [0.3, 0.4) is 0 Å². The van der Waals surface area contributed by atoms with Gasteiger partial charge in [-0.25, -0.2) is 12.7 Å². The van der Waals surface area contributed by atoms with Crippen LogP contribution in [-0.2, 0) is 21.2 Å². The third-order valence-corrected chi connectivity index (χ3v) is 8.47. The number of piperidine rings is 2. The Bertz CT molecular complexity index is 830. The number of rotatable bonds is 7. The van der Waals surface area contributed by atoms with E-state index in [0.717, 1.165) is 23.9 Å². The number of amides is 1. The van der Waals surface area contributed by atoms with Crippen LogP contribution in [0.5, 0.6) is 0 Å². The topological polar surface area (TPSA) is 69.7 Å². The van der Waals surface area contributed by atoms with Gasteiger partial charge in [-0.05, 0) is 82.0 Å². The molecule has 7 heteroatoms. The van der Waals surface area contributed by atoms with E-state index in [2.05, 4.69) is 43.1 Å². The van der Waals surface area contributed by atoms with Crippen molar-refractivity contribution in [2.75, 3.05) is 37.8 Å². The lowest BCUT2D eigenvalue weighted by Gasteiger charge is -2.39. The fraction of sp³-hybridized carbons (Fsp3) is 0.708. The number of aryl methyl sites for hydroxylation is 1. The molecular formula is C24H39N3O3S. The monoisotopic (exact) mass is 449 g/mol. The van der Waals surface area contributed by atoms with Crippen LogP contribution in [0.25, 0.3) is 0 Å². The summed E-state index contributed by atoms with van der Waals surface area (Å²) < 4.78 is 24.7. The molecule has 0 saturated carbocycles. The van der Waals surface area contributed by atoms with Gasteiger partial charge in [-0.3, -0.25) is 4.79 Å². The van der Waals surface area contributed by atoms with Gasteiger partial charge in [0.25, 0.3) is 0 Å². The lowest BCUT2D eigenvalue weighted by molar-refractivity contribution is -0.120. The van der Waals surface area contributed by atoms with E-state index in [0.29, 0.717) is 32.0 Å². The van der Waals surface area contributed by atoms with Crippen LogP contribution in [0.1, 0.15) is 52.0 Å². The van der Waals surface area contributed by atoms with Crippen LogP contribution < -0.4 is 5.32 Å². The van der Waals surface area contributed by atoms with Crippen LogP contribution >= 0.6 is 0 Å². The summed E-state index contributed by atoms with van der Waals surface area (Å²) in [6.07, 6.45) is 5.96. The Morgan fingerprint density at radius 3 is 2.29 bits per heavy atom. The van der Waals surface area contributed by atoms with Crippen molar-refractivity contribution in [3.05, 3.63) is 29.8 Å². The SMILES string of the molecule is CC(C)N1CC[C@H](CCc2ccc(NC(=O)C3CCN(S(C)(=O)=O)CC3)cc2)[C@H](C)C1. The molecule has 2 aliphatic rings. The van der Waals surface area contributed by atoms with Crippen molar-refractivity contribution in [2.45, 2.75) is 58.9 Å². The lowest BCUT2D eigenvalue weighted by Crippen LogP contribution is -2.43. The normalized spacial score (nSPS) is 24.4. The Hall–Kier alpha value is -1.44. The first-order chi connectivity index (χ1) is 14.6. The molecule has 0 aliphatic carbocycles. The van der Waals surface area contributed by atoms with E-state index in [1.807, 2.05) is 12.1 Å². The maximum Gasteiger partial charge on any atom is 0.227 e. The van der Waals surface area contributed by atoms with Crippen molar-refractivity contribution in [3.63, 3.8) is 0 Å². The molecule has 0 unspecified atom stereocenters. The van der Waals surface area contributed by atoms with E-state index in [1.54, 1.807) is 0 Å². The zero-order valence-electron chi connectivity index (χ0n) is 19.5. The summed E-state index contributed by atoms with van der Waals surface area (Å²) in [7, 11) is -3.16. The van der Waals surface area contributed by atoms with Crippen molar-refractivity contribution in [1.29, 1.82) is 0 Å². The molecule has 3 rings (SSSR count). The minimum Gasteiger partial charge on any atom is -0.326 e. The Morgan fingerprint density at radius 1 is 1.10 bits per heavy atom. The van der Waals surface area contributed by atoms with Crippen molar-refractivity contribution >= 4 is 21.6 Å². The van der Waals surface area contributed by atoms with Gasteiger partial charge in [-0.15, -0.1) is 0 Å². The number of likely N-dealkylation sites (tertiary alicyclic amines) is 1. The number of nitrogens with one attached hydrogen (secondary N) is 1. The highest BCUT2D eigenvalue weighted by Crippen LogP contribution is 2.29. The Balaban J connectivity index is 1.44. The molecule has 2 saturated heterocycles. The van der Waals surface area contributed by atoms with E-state index < -0.39 is 10.0 Å². The van der Waals surface area contributed by atoms with Crippen LogP contribution in [0.15, 0.2) is 24.3 Å². The predicted octanol–water partition coefficient (Wildman–Crippen LogP) is 3.60. The number of carbonyl (C=O) groups is 1. The second-order valence-electron chi connectivity index (χ2n) is 9.78. The van der Waals surface area contributed by atoms with Crippen LogP contribution in [0.4, 0.5) is 5.69 Å². The van der Waals surface area contributed by atoms with E-state index in [9.17, 15) is 13.2 Å². The van der Waals surface area contributed by atoms with Crippen molar-refractivity contribution in [3.8, 4) is 0 Å². The highest BCUT2D eigenvalue weighted by Gasteiger charge is 2.29. The van der Waals surface area contributed by atoms with Gasteiger partial charge < -0.3 is 10.2 Å². The highest BCUT2D eigenvalue weighted by molar-refractivity contribution is 7.88. The first-order valence-corrected chi connectivity index (χ1v) is 13.6. The number of hydrogen-bond acceptors (Lipinski definition) is 4. The number of nitrogens with zero attached hydrogens (tertiary/aromatic N) is 2. The molecule has 1 aromatic rings. The van der Waals surface area contributed by atoms with E-state index in [4.69, 9.17) is 0 Å². The standard InChI is InChI=1S/C24H39N3O3S/c1-18(2)26-14-11-21(19(3)17-26)8-5-20-6-9-23(10-7-20)25-24(28)22-12-15-27(16-13-22)31(4,29)30/h6-7,9-10,18-19,21-22H,5,8,11-17H2,1-4H3,(H,25,28)/t19-,21+/m1/s1. The van der Waals surface area contributed by atoms with Gasteiger partial charge in [0.15, 0.2) is 0 Å². The average molecular weight is 450 g/mol. The molecule has 1 amide bonds. The molecule has 2 heterocycles. The third-order valence-electron chi connectivity index (χ3n) is 7.16. The quantitative estimate of drug-likeness (QED) is 0.691. The zero-order chi connectivity index (χ0) is 22.6. The molecule has 1 N–H and O–H groups in total. The zero-order valence-corrected chi connectivity index (χ0v) is 20.3. The van der Waals surface area contributed by atoms with Crippen molar-refractivity contribution in [2.24, 2.45) is 17.8 Å². The highest BCUT2D eigenvalue weighted by atomic mass is 32.2. The van der Waals surface area contributed by atoms with Gasteiger partial charge >= 0.3 is 0 Å². The molecule has 31 heavy (non-hydrogen) atoms. The molecule has 6 nitrogen and oxygen atoms in total. The summed E-state index contributed by atoms with van der Waals surface area (Å²) in [5.41, 5.74) is 2.14. The Morgan fingerprint density at radius 2 is 1.74 bits per heavy atom. The Kier molecular flexibility index (Phi) is 8.16. The minimum atomic E-state index is -3.16. The molecule has 0 bridgehead atoms. The molecule has 0 radical (unpaired) electrons. The third kappa shape index (κ3) is 6.77. The number of anilines is 1. The second-order valence-corrected chi connectivity index (χ2v) is 11.8. The fourth-order valence-electron chi connectivity index (χ4n) is 4.93. The number of hydrogen-bond donors (Lipinski definition) is 1. The number of benzene rings is 1. The van der Waals surface area contributed by atoms with Gasteiger partial charge in [-0.1, -0.05) is 19.1 Å². The molecule has 174 valence electrons. The van der Waals surface area contributed by atoms with Crippen LogP contribution in [-0.4, -0.2) is 62.0 Å². The summed E-state index contributed by atoms with van der Waals surface area (Å²) in [6.45, 7) is 10.2. The summed E-state index contributed by atoms with van der Waals surface area (Å²) in [5, 5.41) is 3.01. The molecule has 1 aromatic carbocycles. The van der Waals surface area contributed by atoms with Crippen LogP contribution in [0.2, 0.25) is 0 Å². The average Bonchev–Trinajstić information content (AvgIpc) is 2.73. The second kappa shape index (κ2) is 10.5. The lowest BCUT2D eigenvalue weighted by atomic mass is 9.82. The van der Waals surface area contributed by atoms with Crippen molar-refractivity contribution in [1.82, 2.24) is 9.21 Å². The van der Waals surface area contributed by atoms with Gasteiger partial charge in [-0.2, -0.15) is 0 Å². The largest absolute Gasteiger partial charge is 0.326 e. The van der Waals surface area contributed by atoms with Gasteiger partial charge in [0, 0.05) is 37.3 Å². The maximum absolute atomic E-state index is 12.6. The first kappa shape index (κ1) is 24.2. The molecule has 0 aromatic heterocycles. The molecular weight excluding hydrogens is 410 g/mol. The number of carbonyl (C=O) groups excluding carboxylic acids is 1. The van der Waals surface area contributed by atoms with E-state index >= 15 is 0 Å². The fourth-order valence-corrected chi connectivity index (χ4v) is 5.80.